The zero-order valence-electron chi connectivity index (χ0n) is 12.8. The van der Waals surface area contributed by atoms with Crippen LogP contribution >= 0.6 is 11.8 Å². The van der Waals surface area contributed by atoms with Gasteiger partial charge in [-0.3, -0.25) is 0 Å². The summed E-state index contributed by atoms with van der Waals surface area (Å²) in [5.74, 6) is 1.17. The van der Waals surface area contributed by atoms with Gasteiger partial charge in [-0.15, -0.1) is 0 Å². The first-order chi connectivity index (χ1) is 9.22. The summed E-state index contributed by atoms with van der Waals surface area (Å²) in [6.07, 6.45) is 4.48. The Morgan fingerprint density at radius 1 is 1.21 bits per heavy atom. The molecule has 2 nitrogen and oxygen atoms in total. The molecule has 0 amide bonds. The lowest BCUT2D eigenvalue weighted by Gasteiger charge is -2.21. The molecule has 1 aromatic carbocycles. The van der Waals surface area contributed by atoms with Gasteiger partial charge >= 0.3 is 0 Å². The average Bonchev–Trinajstić information content (AvgIpc) is 2.46. The van der Waals surface area contributed by atoms with E-state index in [9.17, 15) is 0 Å². The van der Waals surface area contributed by atoms with E-state index in [1.165, 1.54) is 23.4 Å². The van der Waals surface area contributed by atoms with Gasteiger partial charge in [-0.05, 0) is 43.3 Å². The van der Waals surface area contributed by atoms with Crippen LogP contribution in [0.4, 0.5) is 5.69 Å². The van der Waals surface area contributed by atoms with E-state index in [-0.39, 0.29) is 0 Å². The van der Waals surface area contributed by atoms with E-state index in [0.29, 0.717) is 6.04 Å². The maximum absolute atomic E-state index is 3.60. The van der Waals surface area contributed by atoms with Crippen molar-refractivity contribution in [3.63, 3.8) is 0 Å². The van der Waals surface area contributed by atoms with Gasteiger partial charge in [0.2, 0.25) is 0 Å². The Morgan fingerprint density at radius 3 is 2.42 bits per heavy atom. The van der Waals surface area contributed by atoms with Gasteiger partial charge in [-0.1, -0.05) is 26.0 Å². The number of anilines is 1. The van der Waals surface area contributed by atoms with E-state index in [2.05, 4.69) is 61.6 Å². The Bertz CT molecular complexity index is 337. The van der Waals surface area contributed by atoms with Crippen LogP contribution in [0.5, 0.6) is 0 Å². The molecule has 0 aliphatic heterocycles. The largest absolute Gasteiger partial charge is 0.374 e. The number of hydrogen-bond acceptors (Lipinski definition) is 3. The summed E-state index contributed by atoms with van der Waals surface area (Å²) in [7, 11) is 2.16. The predicted octanol–water partition coefficient (Wildman–Crippen LogP) is 3.94. The van der Waals surface area contributed by atoms with Crippen LogP contribution in [0, 0.1) is 0 Å². The molecule has 108 valence electrons. The van der Waals surface area contributed by atoms with Gasteiger partial charge in [0, 0.05) is 31.1 Å². The van der Waals surface area contributed by atoms with E-state index in [1.807, 2.05) is 11.8 Å². The summed E-state index contributed by atoms with van der Waals surface area (Å²) in [5.41, 5.74) is 2.71. The first kappa shape index (κ1) is 16.4. The monoisotopic (exact) mass is 280 g/mol. The minimum absolute atomic E-state index is 0.491. The number of benzene rings is 1. The fourth-order valence-electron chi connectivity index (χ4n) is 2.13. The van der Waals surface area contributed by atoms with E-state index in [0.717, 1.165) is 19.5 Å². The molecular formula is C16H28N2S. The third-order valence-electron chi connectivity index (χ3n) is 3.42. The molecule has 0 radical (unpaired) electrons. The Kier molecular flexibility index (Phi) is 7.99. The molecule has 0 aromatic heterocycles. The van der Waals surface area contributed by atoms with Crippen LogP contribution < -0.4 is 10.2 Å². The molecule has 0 saturated carbocycles. The fraction of sp³-hybridized carbons (Fsp3) is 0.625. The summed E-state index contributed by atoms with van der Waals surface area (Å²) in [6.45, 7) is 6.65. The summed E-state index contributed by atoms with van der Waals surface area (Å²) in [6, 6.07) is 9.51. The maximum atomic E-state index is 3.60. The first-order valence-electron chi connectivity index (χ1n) is 7.26. The van der Waals surface area contributed by atoms with Gasteiger partial charge in [0.05, 0.1) is 0 Å². The molecule has 1 N–H and O–H groups in total. The lowest BCUT2D eigenvalue weighted by molar-refractivity contribution is 0.518. The molecule has 19 heavy (non-hydrogen) atoms. The molecule has 0 fully saturated rings. The minimum atomic E-state index is 0.491. The quantitative estimate of drug-likeness (QED) is 0.737. The van der Waals surface area contributed by atoms with Gasteiger partial charge < -0.3 is 10.2 Å². The van der Waals surface area contributed by atoms with Crippen molar-refractivity contribution in [1.29, 1.82) is 0 Å². The van der Waals surface area contributed by atoms with Crippen LogP contribution in [0.2, 0.25) is 0 Å². The van der Waals surface area contributed by atoms with Crippen LogP contribution in [0.15, 0.2) is 24.3 Å². The van der Waals surface area contributed by atoms with Crippen molar-refractivity contribution in [2.75, 3.05) is 37.0 Å². The number of thioether (sulfide) groups is 1. The molecule has 0 heterocycles. The van der Waals surface area contributed by atoms with Gasteiger partial charge in [0.25, 0.3) is 0 Å². The van der Waals surface area contributed by atoms with Crippen molar-refractivity contribution in [1.82, 2.24) is 5.32 Å². The average molecular weight is 280 g/mol. The van der Waals surface area contributed by atoms with E-state index >= 15 is 0 Å². The maximum Gasteiger partial charge on any atom is 0.0364 e. The number of nitrogens with one attached hydrogen (secondary N) is 1. The zero-order chi connectivity index (χ0) is 14.1. The summed E-state index contributed by atoms with van der Waals surface area (Å²) >= 11 is 1.89. The molecule has 1 atom stereocenters. The number of hydrogen-bond donors (Lipinski definition) is 1. The molecule has 1 rings (SSSR count). The van der Waals surface area contributed by atoms with Crippen molar-refractivity contribution in [2.24, 2.45) is 0 Å². The number of rotatable bonds is 9. The Balaban J connectivity index is 2.63. The van der Waals surface area contributed by atoms with E-state index in [4.69, 9.17) is 0 Å². The van der Waals surface area contributed by atoms with Gasteiger partial charge in [-0.25, -0.2) is 0 Å². The predicted molar refractivity (Wildman–Crippen MR) is 89.4 cm³/mol. The van der Waals surface area contributed by atoms with Gasteiger partial charge in [-0.2, -0.15) is 11.8 Å². The number of nitrogens with zero attached hydrogens (tertiary/aromatic N) is 1. The Labute approximate surface area is 123 Å². The highest BCUT2D eigenvalue weighted by molar-refractivity contribution is 7.98. The molecule has 0 spiro atoms. The van der Waals surface area contributed by atoms with Crippen molar-refractivity contribution < 1.29 is 0 Å². The summed E-state index contributed by atoms with van der Waals surface area (Å²) in [5, 5.41) is 3.60. The van der Waals surface area contributed by atoms with Gasteiger partial charge in [0.15, 0.2) is 0 Å². The molecule has 3 heteroatoms. The molecule has 1 unspecified atom stereocenters. The smallest absolute Gasteiger partial charge is 0.0364 e. The lowest BCUT2D eigenvalue weighted by Crippen LogP contribution is -2.22. The van der Waals surface area contributed by atoms with E-state index in [1.54, 1.807) is 0 Å². The van der Waals surface area contributed by atoms with Crippen LogP contribution in [0.25, 0.3) is 0 Å². The third kappa shape index (κ3) is 5.45. The highest BCUT2D eigenvalue weighted by Crippen LogP contribution is 2.20. The second-order valence-corrected chi connectivity index (χ2v) is 5.91. The van der Waals surface area contributed by atoms with Crippen LogP contribution in [0.3, 0.4) is 0 Å². The zero-order valence-corrected chi connectivity index (χ0v) is 13.6. The lowest BCUT2D eigenvalue weighted by atomic mass is 10.0. The molecular weight excluding hydrogens is 252 g/mol. The fourth-order valence-corrected chi connectivity index (χ4v) is 2.59. The SMILES string of the molecule is CCCNC(CC)c1ccc(N(C)CCSC)cc1. The van der Waals surface area contributed by atoms with E-state index < -0.39 is 0 Å². The minimum Gasteiger partial charge on any atom is -0.374 e. The van der Waals surface area contributed by atoms with Crippen LogP contribution in [-0.2, 0) is 0 Å². The molecule has 0 aliphatic carbocycles. The first-order valence-corrected chi connectivity index (χ1v) is 8.65. The normalized spacial score (nSPS) is 12.4. The van der Waals surface area contributed by atoms with Crippen molar-refractivity contribution in [2.45, 2.75) is 32.7 Å². The third-order valence-corrected chi connectivity index (χ3v) is 4.01. The van der Waals surface area contributed by atoms with Crippen molar-refractivity contribution in [3.05, 3.63) is 29.8 Å². The topological polar surface area (TPSA) is 15.3 Å². The summed E-state index contributed by atoms with van der Waals surface area (Å²) < 4.78 is 0. The molecule has 0 saturated heterocycles. The standard InChI is InChI=1S/C16H28N2S/c1-5-11-17-16(6-2)14-7-9-15(10-8-14)18(3)12-13-19-4/h7-10,16-17H,5-6,11-13H2,1-4H3. The van der Waals surface area contributed by atoms with Crippen LogP contribution in [0.1, 0.15) is 38.3 Å². The van der Waals surface area contributed by atoms with Gasteiger partial charge in [0.1, 0.15) is 0 Å². The highest BCUT2D eigenvalue weighted by Gasteiger charge is 2.08. The second kappa shape index (κ2) is 9.27. The highest BCUT2D eigenvalue weighted by atomic mass is 32.2. The molecule has 0 aliphatic rings. The van der Waals surface area contributed by atoms with Crippen LogP contribution in [-0.4, -0.2) is 32.1 Å². The summed E-state index contributed by atoms with van der Waals surface area (Å²) in [4.78, 5) is 2.32. The van der Waals surface area contributed by atoms with Crippen molar-refractivity contribution in [3.8, 4) is 0 Å². The Hall–Kier alpha value is -0.670. The molecule has 1 aromatic rings. The van der Waals surface area contributed by atoms with Crippen molar-refractivity contribution >= 4 is 17.4 Å². The molecule has 0 bridgehead atoms. The second-order valence-electron chi connectivity index (χ2n) is 4.92. The Morgan fingerprint density at radius 2 is 1.89 bits per heavy atom.